The highest BCUT2D eigenvalue weighted by atomic mass is 79.9. The monoisotopic (exact) mass is 366 g/mol. The van der Waals surface area contributed by atoms with Crippen molar-refractivity contribution in [2.24, 2.45) is 0 Å². The normalized spacial score (nSPS) is 12.0. The maximum atomic E-state index is 11.8. The van der Waals surface area contributed by atoms with Crippen molar-refractivity contribution < 1.29 is 4.79 Å². The number of rotatable bonds is 5. The van der Waals surface area contributed by atoms with Gasteiger partial charge >= 0.3 is 0 Å². The van der Waals surface area contributed by atoms with E-state index in [0.29, 0.717) is 12.1 Å². The lowest BCUT2D eigenvalue weighted by atomic mass is 10.1. The number of carbonyl (C=O) groups is 1. The quantitative estimate of drug-likeness (QED) is 0.801. The van der Waals surface area contributed by atoms with Crippen molar-refractivity contribution in [2.75, 3.05) is 11.9 Å². The second kappa shape index (κ2) is 7.09. The van der Waals surface area contributed by atoms with Crippen LogP contribution in [0.3, 0.4) is 0 Å². The molecule has 0 spiro atoms. The highest BCUT2D eigenvalue weighted by Gasteiger charge is 2.11. The van der Waals surface area contributed by atoms with Crippen molar-refractivity contribution in [3.63, 3.8) is 0 Å². The zero-order chi connectivity index (χ0) is 15.4. The molecule has 0 fully saturated rings. The first-order valence-electron chi connectivity index (χ1n) is 6.92. The van der Waals surface area contributed by atoms with Gasteiger partial charge in [-0.25, -0.2) is 0 Å². The Morgan fingerprint density at radius 1 is 1.33 bits per heavy atom. The van der Waals surface area contributed by atoms with Gasteiger partial charge in [0.05, 0.1) is 9.83 Å². The molecule has 0 aliphatic carbocycles. The Morgan fingerprint density at radius 3 is 2.67 bits per heavy atom. The van der Waals surface area contributed by atoms with E-state index in [0.717, 1.165) is 15.0 Å². The lowest BCUT2D eigenvalue weighted by molar-refractivity contribution is 0.0956. The minimum Gasteiger partial charge on any atom is -0.377 e. The first kappa shape index (κ1) is 16.0. The third-order valence-corrected chi connectivity index (χ3v) is 5.03. The second-order valence-electron chi connectivity index (χ2n) is 4.90. The molecular weight excluding hydrogens is 348 g/mol. The van der Waals surface area contributed by atoms with Gasteiger partial charge in [-0.15, -0.1) is 11.3 Å². The number of halogens is 1. The van der Waals surface area contributed by atoms with Crippen molar-refractivity contribution in [1.82, 2.24) is 5.32 Å². The van der Waals surface area contributed by atoms with Crippen molar-refractivity contribution >= 4 is 38.9 Å². The van der Waals surface area contributed by atoms with Crippen LogP contribution < -0.4 is 10.6 Å². The number of carbonyl (C=O) groups excluding carboxylic acids is 1. The largest absolute Gasteiger partial charge is 0.377 e. The molecule has 1 heterocycles. The second-order valence-corrected chi connectivity index (χ2v) is 7.39. The van der Waals surface area contributed by atoms with Crippen molar-refractivity contribution in [3.8, 4) is 0 Å². The van der Waals surface area contributed by atoms with Crippen LogP contribution in [0.5, 0.6) is 0 Å². The SMILES string of the molecule is CCNC(=O)c1ccc(NC(C)c2ccc(Br)s2)c(C)c1. The van der Waals surface area contributed by atoms with Crippen molar-refractivity contribution in [1.29, 1.82) is 0 Å². The summed E-state index contributed by atoms with van der Waals surface area (Å²) in [4.78, 5) is 13.1. The smallest absolute Gasteiger partial charge is 0.251 e. The number of hydrogen-bond donors (Lipinski definition) is 2. The number of benzene rings is 1. The van der Waals surface area contributed by atoms with Gasteiger partial charge in [0.25, 0.3) is 5.91 Å². The Balaban J connectivity index is 2.12. The van der Waals surface area contributed by atoms with E-state index < -0.39 is 0 Å². The molecule has 0 bridgehead atoms. The van der Waals surface area contributed by atoms with Crippen LogP contribution in [0.1, 0.15) is 40.7 Å². The summed E-state index contributed by atoms with van der Waals surface area (Å²) in [5.41, 5.74) is 2.83. The van der Waals surface area contributed by atoms with E-state index in [4.69, 9.17) is 0 Å². The first-order valence-corrected chi connectivity index (χ1v) is 8.52. The van der Waals surface area contributed by atoms with Gasteiger partial charge < -0.3 is 10.6 Å². The van der Waals surface area contributed by atoms with Gasteiger partial charge in [-0.1, -0.05) is 0 Å². The van der Waals surface area contributed by atoms with Crippen molar-refractivity contribution in [2.45, 2.75) is 26.8 Å². The predicted octanol–water partition coefficient (Wildman–Crippen LogP) is 4.74. The van der Waals surface area contributed by atoms with Crippen molar-refractivity contribution in [3.05, 3.63) is 50.1 Å². The summed E-state index contributed by atoms with van der Waals surface area (Å²) in [6.45, 7) is 6.71. The lowest BCUT2D eigenvalue weighted by Gasteiger charge is -2.16. The lowest BCUT2D eigenvalue weighted by Crippen LogP contribution is -2.22. The molecule has 1 aromatic heterocycles. The summed E-state index contributed by atoms with van der Waals surface area (Å²) < 4.78 is 1.13. The average Bonchev–Trinajstić information content (AvgIpc) is 2.88. The fourth-order valence-electron chi connectivity index (χ4n) is 2.09. The van der Waals surface area contributed by atoms with Gasteiger partial charge in [0.15, 0.2) is 0 Å². The number of amides is 1. The standard InChI is InChI=1S/C16H19BrN2OS/c1-4-18-16(20)12-5-6-13(10(2)9-12)19-11(3)14-7-8-15(17)21-14/h5-9,11,19H,4H2,1-3H3,(H,18,20). The highest BCUT2D eigenvalue weighted by molar-refractivity contribution is 9.11. The van der Waals surface area contributed by atoms with Crippen LogP contribution in [0.15, 0.2) is 34.1 Å². The summed E-state index contributed by atoms with van der Waals surface area (Å²) in [5, 5.41) is 6.31. The molecule has 0 saturated carbocycles. The molecule has 3 nitrogen and oxygen atoms in total. The maximum absolute atomic E-state index is 11.8. The number of thiophene rings is 1. The van der Waals surface area contributed by atoms with Crippen LogP contribution in [-0.2, 0) is 0 Å². The van der Waals surface area contributed by atoms with E-state index in [1.54, 1.807) is 11.3 Å². The molecule has 0 radical (unpaired) electrons. The molecule has 5 heteroatoms. The van der Waals surface area contributed by atoms with E-state index in [1.807, 2.05) is 32.0 Å². The van der Waals surface area contributed by atoms with Gasteiger partial charge in [-0.05, 0) is 72.6 Å². The minimum atomic E-state index is -0.0256. The number of anilines is 1. The topological polar surface area (TPSA) is 41.1 Å². The minimum absolute atomic E-state index is 0.0256. The van der Waals surface area contributed by atoms with E-state index in [1.165, 1.54) is 4.88 Å². The highest BCUT2D eigenvalue weighted by Crippen LogP contribution is 2.30. The number of nitrogens with one attached hydrogen (secondary N) is 2. The van der Waals surface area contributed by atoms with Gasteiger partial charge in [-0.2, -0.15) is 0 Å². The Labute approximate surface area is 137 Å². The van der Waals surface area contributed by atoms with E-state index >= 15 is 0 Å². The fourth-order valence-corrected chi connectivity index (χ4v) is 3.52. The van der Waals surface area contributed by atoms with E-state index in [2.05, 4.69) is 45.6 Å². The van der Waals surface area contributed by atoms with Crippen LogP contribution in [0, 0.1) is 6.92 Å². The number of hydrogen-bond acceptors (Lipinski definition) is 3. The Morgan fingerprint density at radius 2 is 2.10 bits per heavy atom. The molecule has 21 heavy (non-hydrogen) atoms. The molecule has 2 aromatic rings. The fraction of sp³-hybridized carbons (Fsp3) is 0.312. The van der Waals surface area contributed by atoms with Gasteiger partial charge in [0.1, 0.15) is 0 Å². The Bertz CT molecular complexity index is 639. The van der Waals surface area contributed by atoms with Crippen LogP contribution >= 0.6 is 27.3 Å². The van der Waals surface area contributed by atoms with Gasteiger partial charge in [-0.3, -0.25) is 4.79 Å². The summed E-state index contributed by atoms with van der Waals surface area (Å²) in [7, 11) is 0. The van der Waals surface area contributed by atoms with Crippen LogP contribution in [0.2, 0.25) is 0 Å². The summed E-state index contributed by atoms with van der Waals surface area (Å²) in [6.07, 6.45) is 0. The van der Waals surface area contributed by atoms with Crippen LogP contribution in [-0.4, -0.2) is 12.5 Å². The molecular formula is C16H19BrN2OS. The molecule has 112 valence electrons. The molecule has 1 aromatic carbocycles. The maximum Gasteiger partial charge on any atom is 0.251 e. The Hall–Kier alpha value is -1.33. The first-order chi connectivity index (χ1) is 10.0. The molecule has 1 amide bonds. The molecule has 2 N–H and O–H groups in total. The summed E-state index contributed by atoms with van der Waals surface area (Å²) in [5.74, 6) is -0.0256. The molecule has 0 aliphatic heterocycles. The molecule has 0 saturated heterocycles. The summed E-state index contributed by atoms with van der Waals surface area (Å²) >= 11 is 5.21. The van der Waals surface area contributed by atoms with Crippen LogP contribution in [0.25, 0.3) is 0 Å². The molecule has 1 atom stereocenters. The van der Waals surface area contributed by atoms with E-state index in [-0.39, 0.29) is 11.9 Å². The average molecular weight is 367 g/mol. The summed E-state index contributed by atoms with van der Waals surface area (Å²) in [6, 6.07) is 10.2. The van der Waals surface area contributed by atoms with Crippen LogP contribution in [0.4, 0.5) is 5.69 Å². The third-order valence-electron chi connectivity index (χ3n) is 3.22. The molecule has 0 aliphatic rings. The predicted molar refractivity (Wildman–Crippen MR) is 93.2 cm³/mol. The molecule has 1 unspecified atom stereocenters. The Kier molecular flexibility index (Phi) is 5.42. The number of aryl methyl sites for hydroxylation is 1. The van der Waals surface area contributed by atoms with E-state index in [9.17, 15) is 4.79 Å². The third kappa shape index (κ3) is 4.08. The van der Waals surface area contributed by atoms with Gasteiger partial charge in [0, 0.05) is 22.7 Å². The molecule has 2 rings (SSSR count). The zero-order valence-electron chi connectivity index (χ0n) is 12.4. The zero-order valence-corrected chi connectivity index (χ0v) is 14.8. The van der Waals surface area contributed by atoms with Gasteiger partial charge in [0.2, 0.25) is 0 Å².